The SMILES string of the molecule is COc1cc(OC)c(Cl)c(-c2ccc3nc(NC4CCCC[C@@H]4CC(=O)OC(C)(C)C)ncc3c2)c1Cl. The van der Waals surface area contributed by atoms with Gasteiger partial charge in [-0.2, -0.15) is 0 Å². The van der Waals surface area contributed by atoms with E-state index in [2.05, 4.69) is 10.3 Å². The number of hydrogen-bond donors (Lipinski definition) is 1. The number of anilines is 1. The Balaban J connectivity index is 1.57. The van der Waals surface area contributed by atoms with E-state index < -0.39 is 5.60 Å². The van der Waals surface area contributed by atoms with Gasteiger partial charge in [0.1, 0.15) is 17.1 Å². The molecule has 4 rings (SSSR count). The van der Waals surface area contributed by atoms with Crippen LogP contribution in [0, 0.1) is 5.92 Å². The van der Waals surface area contributed by atoms with Crippen LogP contribution in [0.2, 0.25) is 10.0 Å². The molecule has 198 valence electrons. The first-order valence-electron chi connectivity index (χ1n) is 12.4. The molecule has 7 nitrogen and oxygen atoms in total. The van der Waals surface area contributed by atoms with Crippen molar-refractivity contribution in [1.29, 1.82) is 0 Å². The number of fused-ring (bicyclic) bond motifs is 1. The molecule has 0 saturated heterocycles. The molecule has 0 radical (unpaired) electrons. The fraction of sp³-hybridized carbons (Fsp3) is 0.464. The zero-order valence-electron chi connectivity index (χ0n) is 21.9. The number of ether oxygens (including phenoxy) is 3. The highest BCUT2D eigenvalue weighted by Gasteiger charge is 2.29. The van der Waals surface area contributed by atoms with E-state index in [1.165, 1.54) is 0 Å². The highest BCUT2D eigenvalue weighted by Crippen LogP contribution is 2.46. The zero-order chi connectivity index (χ0) is 26.7. The second-order valence-corrected chi connectivity index (χ2v) is 11.1. The molecule has 0 bridgehead atoms. The third-order valence-electron chi connectivity index (χ3n) is 6.51. The molecule has 1 N–H and O–H groups in total. The smallest absolute Gasteiger partial charge is 0.306 e. The Morgan fingerprint density at radius 1 is 1.05 bits per heavy atom. The minimum absolute atomic E-state index is 0.111. The largest absolute Gasteiger partial charge is 0.495 e. The number of carbonyl (C=O) groups is 1. The van der Waals surface area contributed by atoms with E-state index in [4.69, 9.17) is 42.4 Å². The van der Waals surface area contributed by atoms with Crippen LogP contribution in [0.1, 0.15) is 52.9 Å². The highest BCUT2D eigenvalue weighted by molar-refractivity contribution is 6.41. The van der Waals surface area contributed by atoms with Gasteiger partial charge in [0.2, 0.25) is 5.95 Å². The monoisotopic (exact) mass is 545 g/mol. The lowest BCUT2D eigenvalue weighted by molar-refractivity contribution is -0.156. The van der Waals surface area contributed by atoms with Crippen molar-refractivity contribution in [2.24, 2.45) is 5.92 Å². The van der Waals surface area contributed by atoms with Crippen molar-refractivity contribution in [1.82, 2.24) is 9.97 Å². The van der Waals surface area contributed by atoms with Crippen molar-refractivity contribution in [3.05, 3.63) is 40.5 Å². The van der Waals surface area contributed by atoms with Gasteiger partial charge >= 0.3 is 5.97 Å². The van der Waals surface area contributed by atoms with E-state index in [1.54, 1.807) is 26.5 Å². The van der Waals surface area contributed by atoms with Gasteiger partial charge in [0.25, 0.3) is 0 Å². The summed E-state index contributed by atoms with van der Waals surface area (Å²) in [6.45, 7) is 5.67. The Labute approximate surface area is 227 Å². The van der Waals surface area contributed by atoms with Crippen LogP contribution in [0.25, 0.3) is 22.0 Å². The summed E-state index contributed by atoms with van der Waals surface area (Å²) in [7, 11) is 3.09. The van der Waals surface area contributed by atoms with Gasteiger partial charge in [-0.3, -0.25) is 4.79 Å². The average Bonchev–Trinajstić information content (AvgIpc) is 2.84. The topological polar surface area (TPSA) is 82.6 Å². The first-order valence-corrected chi connectivity index (χ1v) is 13.2. The zero-order valence-corrected chi connectivity index (χ0v) is 23.4. The molecule has 2 aromatic carbocycles. The average molecular weight is 546 g/mol. The van der Waals surface area contributed by atoms with E-state index in [0.717, 1.165) is 42.1 Å². The third-order valence-corrected chi connectivity index (χ3v) is 7.27. The number of aromatic nitrogens is 2. The Kier molecular flexibility index (Phi) is 8.34. The minimum atomic E-state index is -0.487. The number of benzene rings is 2. The number of carbonyl (C=O) groups excluding carboxylic acids is 1. The molecule has 0 aliphatic heterocycles. The maximum absolute atomic E-state index is 12.5. The molecule has 3 aromatic rings. The van der Waals surface area contributed by atoms with Crippen LogP contribution < -0.4 is 14.8 Å². The summed E-state index contributed by atoms with van der Waals surface area (Å²) in [6.07, 6.45) is 6.30. The molecule has 1 heterocycles. The fourth-order valence-corrected chi connectivity index (χ4v) is 5.52. The molecule has 1 aromatic heterocycles. The lowest BCUT2D eigenvalue weighted by Crippen LogP contribution is -2.35. The van der Waals surface area contributed by atoms with Gasteiger partial charge in [-0.25, -0.2) is 9.97 Å². The van der Waals surface area contributed by atoms with E-state index in [9.17, 15) is 4.79 Å². The van der Waals surface area contributed by atoms with Crippen molar-refractivity contribution < 1.29 is 19.0 Å². The van der Waals surface area contributed by atoms with E-state index in [0.29, 0.717) is 39.5 Å². The molecule has 2 atom stereocenters. The van der Waals surface area contributed by atoms with Crippen LogP contribution in [0.4, 0.5) is 5.95 Å². The van der Waals surface area contributed by atoms with Gasteiger partial charge in [0.15, 0.2) is 0 Å². The summed E-state index contributed by atoms with van der Waals surface area (Å²) >= 11 is 13.2. The van der Waals surface area contributed by atoms with Crippen LogP contribution in [0.15, 0.2) is 30.5 Å². The fourth-order valence-electron chi connectivity index (χ4n) is 4.80. The predicted molar refractivity (Wildman–Crippen MR) is 148 cm³/mol. The van der Waals surface area contributed by atoms with Crippen molar-refractivity contribution in [3.8, 4) is 22.6 Å². The summed E-state index contributed by atoms with van der Waals surface area (Å²) in [5.41, 5.74) is 1.71. The van der Waals surface area contributed by atoms with Gasteiger partial charge in [-0.1, -0.05) is 42.1 Å². The summed E-state index contributed by atoms with van der Waals surface area (Å²) in [6, 6.07) is 7.54. The summed E-state index contributed by atoms with van der Waals surface area (Å²) in [5, 5.41) is 5.13. The molecule has 1 aliphatic rings. The van der Waals surface area contributed by atoms with Crippen molar-refractivity contribution in [2.45, 2.75) is 64.5 Å². The Morgan fingerprint density at radius 3 is 2.38 bits per heavy atom. The summed E-state index contributed by atoms with van der Waals surface area (Å²) in [5.74, 6) is 1.51. The van der Waals surface area contributed by atoms with Crippen LogP contribution in [-0.2, 0) is 9.53 Å². The Bertz CT molecular complexity index is 1260. The molecule has 9 heteroatoms. The number of hydrogen-bond acceptors (Lipinski definition) is 7. The molecule has 0 spiro atoms. The van der Waals surface area contributed by atoms with E-state index >= 15 is 0 Å². The van der Waals surface area contributed by atoms with Gasteiger partial charge < -0.3 is 19.5 Å². The number of halogens is 2. The van der Waals surface area contributed by atoms with Crippen molar-refractivity contribution in [2.75, 3.05) is 19.5 Å². The summed E-state index contributed by atoms with van der Waals surface area (Å²) in [4.78, 5) is 21.8. The molecule has 37 heavy (non-hydrogen) atoms. The number of rotatable bonds is 7. The van der Waals surface area contributed by atoms with Gasteiger partial charge in [0, 0.05) is 29.3 Å². The lowest BCUT2D eigenvalue weighted by atomic mass is 9.82. The summed E-state index contributed by atoms with van der Waals surface area (Å²) < 4.78 is 16.4. The standard InChI is InChI=1S/C28H33Cl2N3O4/c1-28(2,3)37-23(34)13-16-8-6-7-9-19(16)32-27-31-15-18-12-17(10-11-20(18)33-27)24-25(29)21(35-4)14-22(36-5)26(24)30/h10-12,14-16,19H,6-9,13H2,1-5H3,(H,31,32,33)/t16-,19?/m1/s1. The Morgan fingerprint density at radius 2 is 1.73 bits per heavy atom. The van der Waals surface area contributed by atoms with Crippen molar-refractivity contribution >= 4 is 46.0 Å². The van der Waals surface area contributed by atoms with Crippen LogP contribution in [0.3, 0.4) is 0 Å². The first kappa shape index (κ1) is 27.3. The molecule has 1 fully saturated rings. The Hall–Kier alpha value is -2.77. The molecular weight excluding hydrogens is 513 g/mol. The normalized spacial score (nSPS) is 17.9. The third kappa shape index (κ3) is 6.39. The number of nitrogens with zero attached hydrogens (tertiary/aromatic N) is 2. The minimum Gasteiger partial charge on any atom is -0.495 e. The van der Waals surface area contributed by atoms with Crippen LogP contribution in [0.5, 0.6) is 11.5 Å². The van der Waals surface area contributed by atoms with E-state index in [1.807, 2.05) is 39.0 Å². The highest BCUT2D eigenvalue weighted by atomic mass is 35.5. The quantitative estimate of drug-likeness (QED) is 0.311. The van der Waals surface area contributed by atoms with Gasteiger partial charge in [0.05, 0.1) is 36.2 Å². The molecular formula is C28H33Cl2N3O4. The lowest BCUT2D eigenvalue weighted by Gasteiger charge is -2.32. The molecule has 1 aliphatic carbocycles. The molecule has 0 amide bonds. The number of esters is 1. The second kappa shape index (κ2) is 11.3. The molecule has 1 unspecified atom stereocenters. The van der Waals surface area contributed by atoms with Crippen LogP contribution in [-0.4, -0.2) is 41.8 Å². The van der Waals surface area contributed by atoms with Crippen molar-refractivity contribution in [3.63, 3.8) is 0 Å². The van der Waals surface area contributed by atoms with Crippen LogP contribution >= 0.6 is 23.2 Å². The number of nitrogens with one attached hydrogen (secondary N) is 1. The molecule has 1 saturated carbocycles. The maximum Gasteiger partial charge on any atom is 0.306 e. The van der Waals surface area contributed by atoms with Gasteiger partial charge in [-0.15, -0.1) is 0 Å². The number of methoxy groups -OCH3 is 2. The second-order valence-electron chi connectivity index (χ2n) is 10.3. The van der Waals surface area contributed by atoms with E-state index in [-0.39, 0.29) is 17.9 Å². The predicted octanol–water partition coefficient (Wildman–Crippen LogP) is 7.32. The van der Waals surface area contributed by atoms with Gasteiger partial charge in [-0.05, 0) is 57.2 Å². The maximum atomic E-state index is 12.5. The first-order chi connectivity index (χ1) is 17.6.